The van der Waals surface area contributed by atoms with Crippen LogP contribution in [0.4, 0.5) is 10.5 Å². The van der Waals surface area contributed by atoms with Gasteiger partial charge in [-0.05, 0) is 17.7 Å². The van der Waals surface area contributed by atoms with Crippen LogP contribution in [-0.2, 0) is 16.1 Å². The second-order valence-corrected chi connectivity index (χ2v) is 4.37. The first kappa shape index (κ1) is 13.2. The Morgan fingerprint density at radius 1 is 1.53 bits per heavy atom. The number of rotatable bonds is 2. The molecule has 0 saturated heterocycles. The minimum absolute atomic E-state index is 0.0604. The zero-order chi connectivity index (χ0) is 14.0. The summed E-state index contributed by atoms with van der Waals surface area (Å²) >= 11 is 0. The zero-order valence-corrected chi connectivity index (χ0v) is 11.2. The van der Waals surface area contributed by atoms with E-state index in [1.54, 1.807) is 25.1 Å². The van der Waals surface area contributed by atoms with Crippen LogP contribution in [0.2, 0.25) is 0 Å². The summed E-state index contributed by atoms with van der Waals surface area (Å²) in [6.45, 7) is 0.465. The number of likely N-dealkylation sites (N-methyl/N-ethyl adjacent to an activating group) is 1. The fourth-order valence-electron chi connectivity index (χ4n) is 1.91. The Morgan fingerprint density at radius 3 is 2.95 bits per heavy atom. The monoisotopic (exact) mass is 264 g/mol. The molecule has 19 heavy (non-hydrogen) atoms. The fraction of sp³-hybridized carbons (Fsp3) is 0.385. The van der Waals surface area contributed by atoms with Gasteiger partial charge < -0.3 is 19.3 Å². The summed E-state index contributed by atoms with van der Waals surface area (Å²) in [5.41, 5.74) is 1.61. The summed E-state index contributed by atoms with van der Waals surface area (Å²) in [5.74, 6) is 0.581. The molecule has 2 rings (SSSR count). The summed E-state index contributed by atoms with van der Waals surface area (Å²) in [4.78, 5) is 25.9. The number of carbonyl (C=O) groups excluding carboxylic acids is 2. The molecule has 0 bridgehead atoms. The molecule has 6 heteroatoms. The summed E-state index contributed by atoms with van der Waals surface area (Å²) in [6, 6.07) is 5.51. The Labute approximate surface area is 111 Å². The molecule has 0 aliphatic carbocycles. The number of hydrogen-bond acceptors (Lipinski definition) is 4. The lowest BCUT2D eigenvalue weighted by molar-refractivity contribution is -0.120. The highest BCUT2D eigenvalue weighted by Gasteiger charge is 2.22. The molecule has 0 N–H and O–H groups in total. The predicted molar refractivity (Wildman–Crippen MR) is 69.2 cm³/mol. The number of nitrogens with zero attached hydrogens (tertiary/aromatic N) is 2. The van der Waals surface area contributed by atoms with E-state index in [0.717, 1.165) is 5.56 Å². The Balaban J connectivity index is 2.21. The van der Waals surface area contributed by atoms with E-state index in [-0.39, 0.29) is 12.5 Å². The van der Waals surface area contributed by atoms with Gasteiger partial charge in [0, 0.05) is 20.6 Å². The minimum atomic E-state index is -0.404. The topological polar surface area (TPSA) is 59.1 Å². The second-order valence-electron chi connectivity index (χ2n) is 4.37. The molecule has 6 nitrogen and oxygen atoms in total. The number of carbonyl (C=O) groups is 2. The van der Waals surface area contributed by atoms with E-state index >= 15 is 0 Å². The maximum Gasteiger partial charge on any atom is 0.409 e. The summed E-state index contributed by atoms with van der Waals surface area (Å²) in [5, 5.41) is 0. The van der Waals surface area contributed by atoms with Crippen LogP contribution < -0.4 is 9.64 Å². The molecular weight excluding hydrogens is 248 g/mol. The van der Waals surface area contributed by atoms with Gasteiger partial charge in [-0.1, -0.05) is 6.07 Å². The molecule has 0 radical (unpaired) electrons. The Kier molecular flexibility index (Phi) is 3.59. The van der Waals surface area contributed by atoms with Crippen LogP contribution in [0.25, 0.3) is 0 Å². The quantitative estimate of drug-likeness (QED) is 0.806. The van der Waals surface area contributed by atoms with Crippen molar-refractivity contribution in [2.75, 3.05) is 32.7 Å². The van der Waals surface area contributed by atoms with E-state index in [1.165, 1.54) is 12.0 Å². The number of ether oxygens (including phenoxy) is 2. The van der Waals surface area contributed by atoms with Crippen molar-refractivity contribution >= 4 is 17.7 Å². The highest BCUT2D eigenvalue weighted by atomic mass is 16.5. The molecule has 0 aromatic heterocycles. The van der Waals surface area contributed by atoms with Crippen molar-refractivity contribution in [2.45, 2.75) is 6.54 Å². The lowest BCUT2D eigenvalue weighted by Gasteiger charge is -2.26. The van der Waals surface area contributed by atoms with Crippen molar-refractivity contribution in [2.24, 2.45) is 0 Å². The average molecular weight is 264 g/mol. The molecule has 0 saturated carbocycles. The molecule has 2 amide bonds. The SMILES string of the molecule is COC(=O)N(C)Cc1ccc2c(c1)N(C)C(=O)CO2. The van der Waals surface area contributed by atoms with Gasteiger partial charge in [0.1, 0.15) is 5.75 Å². The van der Waals surface area contributed by atoms with Crippen molar-refractivity contribution < 1.29 is 19.1 Å². The molecule has 1 heterocycles. The van der Waals surface area contributed by atoms with E-state index in [2.05, 4.69) is 4.74 Å². The van der Waals surface area contributed by atoms with Crippen LogP contribution in [0.5, 0.6) is 5.75 Å². The average Bonchev–Trinajstić information content (AvgIpc) is 2.42. The van der Waals surface area contributed by atoms with Crippen LogP contribution in [-0.4, -0.2) is 44.7 Å². The van der Waals surface area contributed by atoms with E-state index in [9.17, 15) is 9.59 Å². The Morgan fingerprint density at radius 2 is 2.26 bits per heavy atom. The lowest BCUT2D eigenvalue weighted by Crippen LogP contribution is -2.35. The normalized spacial score (nSPS) is 13.6. The first-order valence-electron chi connectivity index (χ1n) is 5.84. The highest BCUT2D eigenvalue weighted by Crippen LogP contribution is 2.32. The fourth-order valence-corrected chi connectivity index (χ4v) is 1.91. The Bertz CT molecular complexity index is 515. The van der Waals surface area contributed by atoms with E-state index in [0.29, 0.717) is 18.0 Å². The Hall–Kier alpha value is -2.24. The molecule has 0 fully saturated rings. The lowest BCUT2D eigenvalue weighted by atomic mass is 10.1. The van der Waals surface area contributed by atoms with Gasteiger partial charge in [-0.15, -0.1) is 0 Å². The molecule has 1 aliphatic rings. The van der Waals surface area contributed by atoms with Crippen molar-refractivity contribution in [3.63, 3.8) is 0 Å². The van der Waals surface area contributed by atoms with Gasteiger partial charge in [-0.3, -0.25) is 4.79 Å². The molecule has 0 spiro atoms. The van der Waals surface area contributed by atoms with Gasteiger partial charge in [0.15, 0.2) is 6.61 Å². The van der Waals surface area contributed by atoms with Crippen molar-refractivity contribution in [3.8, 4) is 5.75 Å². The standard InChI is InChI=1S/C13H16N2O4/c1-14(13(17)18-3)7-9-4-5-11-10(6-9)15(2)12(16)8-19-11/h4-6H,7-8H2,1-3H3. The molecule has 1 aromatic carbocycles. The van der Waals surface area contributed by atoms with Crippen LogP contribution in [0.3, 0.4) is 0 Å². The zero-order valence-electron chi connectivity index (χ0n) is 11.2. The van der Waals surface area contributed by atoms with Crippen molar-refractivity contribution in [1.82, 2.24) is 4.90 Å². The largest absolute Gasteiger partial charge is 0.482 e. The molecular formula is C13H16N2O4. The highest BCUT2D eigenvalue weighted by molar-refractivity contribution is 5.97. The molecule has 0 atom stereocenters. The van der Waals surface area contributed by atoms with Crippen LogP contribution in [0.15, 0.2) is 18.2 Å². The number of hydrogen-bond donors (Lipinski definition) is 0. The number of methoxy groups -OCH3 is 1. The number of fused-ring (bicyclic) bond motifs is 1. The van der Waals surface area contributed by atoms with Gasteiger partial charge in [-0.25, -0.2) is 4.79 Å². The van der Waals surface area contributed by atoms with E-state index in [1.807, 2.05) is 12.1 Å². The summed E-state index contributed by atoms with van der Waals surface area (Å²) in [7, 11) is 4.69. The third-order valence-corrected chi connectivity index (χ3v) is 3.02. The van der Waals surface area contributed by atoms with Crippen LogP contribution in [0.1, 0.15) is 5.56 Å². The van der Waals surface area contributed by atoms with Crippen LogP contribution in [0, 0.1) is 0 Å². The molecule has 102 valence electrons. The minimum Gasteiger partial charge on any atom is -0.482 e. The van der Waals surface area contributed by atoms with Crippen LogP contribution >= 0.6 is 0 Å². The van der Waals surface area contributed by atoms with Crippen molar-refractivity contribution in [1.29, 1.82) is 0 Å². The molecule has 1 aromatic rings. The van der Waals surface area contributed by atoms with Gasteiger partial charge >= 0.3 is 6.09 Å². The number of amides is 2. The summed E-state index contributed by atoms with van der Waals surface area (Å²) in [6.07, 6.45) is -0.404. The predicted octanol–water partition coefficient (Wildman–Crippen LogP) is 1.24. The summed E-state index contributed by atoms with van der Waals surface area (Å²) < 4.78 is 9.97. The third-order valence-electron chi connectivity index (χ3n) is 3.02. The maximum absolute atomic E-state index is 11.6. The first-order chi connectivity index (χ1) is 9.02. The second kappa shape index (κ2) is 5.17. The van der Waals surface area contributed by atoms with E-state index in [4.69, 9.17) is 4.74 Å². The first-order valence-corrected chi connectivity index (χ1v) is 5.84. The van der Waals surface area contributed by atoms with Gasteiger partial charge in [0.05, 0.1) is 12.8 Å². The maximum atomic E-state index is 11.6. The third kappa shape index (κ3) is 2.62. The smallest absolute Gasteiger partial charge is 0.409 e. The van der Waals surface area contributed by atoms with Gasteiger partial charge in [0.2, 0.25) is 0 Å². The van der Waals surface area contributed by atoms with E-state index < -0.39 is 6.09 Å². The number of anilines is 1. The number of benzene rings is 1. The molecule has 0 unspecified atom stereocenters. The van der Waals surface area contributed by atoms with Gasteiger partial charge in [-0.2, -0.15) is 0 Å². The molecule has 1 aliphatic heterocycles. The van der Waals surface area contributed by atoms with Crippen molar-refractivity contribution in [3.05, 3.63) is 23.8 Å². The van der Waals surface area contributed by atoms with Gasteiger partial charge in [0.25, 0.3) is 5.91 Å².